The highest BCUT2D eigenvalue weighted by Crippen LogP contribution is 2.23. The Kier molecular flexibility index (Phi) is 4.35. The predicted octanol–water partition coefficient (Wildman–Crippen LogP) is 1.27. The molecule has 1 rings (SSSR count). The number of rotatable bonds is 6. The Bertz CT molecular complexity index is 165. The van der Waals surface area contributed by atoms with E-state index in [4.69, 9.17) is 10.5 Å². The molecule has 0 spiro atoms. The molecule has 0 aromatic carbocycles. The van der Waals surface area contributed by atoms with Crippen molar-refractivity contribution in [2.24, 2.45) is 5.73 Å². The number of nitrogens with one attached hydrogen (secondary N) is 1. The van der Waals surface area contributed by atoms with Crippen LogP contribution in [0.2, 0.25) is 0 Å². The van der Waals surface area contributed by atoms with Gasteiger partial charge in [-0.05, 0) is 33.1 Å². The fourth-order valence-electron chi connectivity index (χ4n) is 1.61. The molecule has 0 radical (unpaired) electrons. The van der Waals surface area contributed by atoms with Crippen LogP contribution in [0.1, 0.15) is 40.0 Å². The lowest BCUT2D eigenvalue weighted by molar-refractivity contribution is -0.0108. The normalized spacial score (nSPS) is 30.9. The highest BCUT2D eigenvalue weighted by atomic mass is 16.5. The van der Waals surface area contributed by atoms with Crippen molar-refractivity contribution in [3.05, 3.63) is 0 Å². The van der Waals surface area contributed by atoms with Crippen LogP contribution < -0.4 is 11.1 Å². The van der Waals surface area contributed by atoms with E-state index in [-0.39, 0.29) is 5.54 Å². The molecule has 1 aliphatic carbocycles. The highest BCUT2D eigenvalue weighted by molar-refractivity contribution is 4.89. The summed E-state index contributed by atoms with van der Waals surface area (Å²) in [6, 6.07) is 0.626. The average Bonchev–Trinajstić information content (AvgIpc) is 2.09. The van der Waals surface area contributed by atoms with Gasteiger partial charge < -0.3 is 15.8 Å². The Balaban J connectivity index is 2.06. The van der Waals surface area contributed by atoms with E-state index in [0.717, 1.165) is 32.4 Å². The first-order chi connectivity index (χ1) is 6.57. The van der Waals surface area contributed by atoms with Crippen molar-refractivity contribution in [2.75, 3.05) is 13.2 Å². The molecule has 14 heavy (non-hydrogen) atoms. The zero-order valence-corrected chi connectivity index (χ0v) is 9.68. The molecule has 1 fully saturated rings. The third kappa shape index (κ3) is 3.56. The molecule has 1 unspecified atom stereocenters. The van der Waals surface area contributed by atoms with Gasteiger partial charge in [0.1, 0.15) is 0 Å². The van der Waals surface area contributed by atoms with Crippen LogP contribution in [0.3, 0.4) is 0 Å². The molecule has 0 heterocycles. The molecular formula is C11H24N2O. The topological polar surface area (TPSA) is 47.3 Å². The summed E-state index contributed by atoms with van der Waals surface area (Å²) in [6.07, 6.45) is 3.80. The standard InChI is InChI=1S/C11H24N2O/c1-4-11(3,12)8-13-9-6-10(7-9)14-5-2/h9-10,13H,4-8,12H2,1-3H3. The first-order valence-corrected chi connectivity index (χ1v) is 5.71. The van der Waals surface area contributed by atoms with Crippen LogP contribution in [0.25, 0.3) is 0 Å². The Hall–Kier alpha value is -0.120. The lowest BCUT2D eigenvalue weighted by atomic mass is 9.88. The third-order valence-electron chi connectivity index (χ3n) is 3.10. The number of ether oxygens (including phenoxy) is 1. The zero-order chi connectivity index (χ0) is 10.6. The SMILES string of the molecule is CCOC1CC(NCC(C)(N)CC)C1. The average molecular weight is 200 g/mol. The Morgan fingerprint density at radius 2 is 2.07 bits per heavy atom. The molecule has 1 aliphatic rings. The van der Waals surface area contributed by atoms with Crippen LogP contribution in [0.5, 0.6) is 0 Å². The maximum atomic E-state index is 6.04. The second-order valence-electron chi connectivity index (χ2n) is 4.63. The monoisotopic (exact) mass is 200 g/mol. The van der Waals surface area contributed by atoms with Gasteiger partial charge in [0.15, 0.2) is 0 Å². The van der Waals surface area contributed by atoms with Crippen LogP contribution in [0, 0.1) is 0 Å². The molecule has 3 heteroatoms. The first kappa shape index (κ1) is 12.0. The van der Waals surface area contributed by atoms with Crippen LogP contribution >= 0.6 is 0 Å². The lowest BCUT2D eigenvalue weighted by Gasteiger charge is -2.37. The summed E-state index contributed by atoms with van der Waals surface area (Å²) in [5.74, 6) is 0. The van der Waals surface area contributed by atoms with Gasteiger partial charge in [0.05, 0.1) is 6.10 Å². The van der Waals surface area contributed by atoms with Crippen molar-refractivity contribution in [1.29, 1.82) is 0 Å². The van der Waals surface area contributed by atoms with Crippen molar-refractivity contribution >= 4 is 0 Å². The highest BCUT2D eigenvalue weighted by Gasteiger charge is 2.30. The smallest absolute Gasteiger partial charge is 0.0604 e. The summed E-state index contributed by atoms with van der Waals surface area (Å²) < 4.78 is 5.50. The van der Waals surface area contributed by atoms with Crippen LogP contribution in [-0.2, 0) is 4.74 Å². The molecule has 3 N–H and O–H groups in total. The van der Waals surface area contributed by atoms with Crippen molar-refractivity contribution < 1.29 is 4.74 Å². The van der Waals surface area contributed by atoms with E-state index in [9.17, 15) is 0 Å². The van der Waals surface area contributed by atoms with Gasteiger partial charge in [-0.25, -0.2) is 0 Å². The molecule has 0 aromatic rings. The molecule has 1 saturated carbocycles. The van der Waals surface area contributed by atoms with Crippen LogP contribution in [0.15, 0.2) is 0 Å². The van der Waals surface area contributed by atoms with Gasteiger partial charge in [0, 0.05) is 24.7 Å². The number of hydrogen-bond donors (Lipinski definition) is 2. The van der Waals surface area contributed by atoms with E-state index in [0.29, 0.717) is 12.1 Å². The van der Waals surface area contributed by atoms with Gasteiger partial charge in [0.25, 0.3) is 0 Å². The zero-order valence-electron chi connectivity index (χ0n) is 9.68. The molecule has 0 saturated heterocycles. The maximum Gasteiger partial charge on any atom is 0.0604 e. The molecule has 1 atom stereocenters. The van der Waals surface area contributed by atoms with Gasteiger partial charge >= 0.3 is 0 Å². The summed E-state index contributed by atoms with van der Waals surface area (Å²) in [5, 5.41) is 3.49. The molecule has 84 valence electrons. The molecule has 0 bridgehead atoms. The van der Waals surface area contributed by atoms with Gasteiger partial charge in [-0.2, -0.15) is 0 Å². The van der Waals surface area contributed by atoms with E-state index in [1.165, 1.54) is 0 Å². The van der Waals surface area contributed by atoms with Crippen molar-refractivity contribution in [3.63, 3.8) is 0 Å². The van der Waals surface area contributed by atoms with Crippen molar-refractivity contribution in [3.8, 4) is 0 Å². The van der Waals surface area contributed by atoms with E-state index in [1.54, 1.807) is 0 Å². The second kappa shape index (κ2) is 5.10. The predicted molar refractivity (Wildman–Crippen MR) is 59.3 cm³/mol. The van der Waals surface area contributed by atoms with Crippen molar-refractivity contribution in [1.82, 2.24) is 5.32 Å². The summed E-state index contributed by atoms with van der Waals surface area (Å²) in [5.41, 5.74) is 5.98. The maximum absolute atomic E-state index is 6.04. The fourth-order valence-corrected chi connectivity index (χ4v) is 1.61. The van der Waals surface area contributed by atoms with Crippen LogP contribution in [-0.4, -0.2) is 30.8 Å². The molecule has 3 nitrogen and oxygen atoms in total. The minimum absolute atomic E-state index is 0.0588. The number of nitrogens with two attached hydrogens (primary N) is 1. The van der Waals surface area contributed by atoms with E-state index < -0.39 is 0 Å². The van der Waals surface area contributed by atoms with Gasteiger partial charge in [0.2, 0.25) is 0 Å². The largest absolute Gasteiger partial charge is 0.378 e. The van der Waals surface area contributed by atoms with E-state index in [1.807, 2.05) is 0 Å². The lowest BCUT2D eigenvalue weighted by Crippen LogP contribution is -2.53. The van der Waals surface area contributed by atoms with E-state index in [2.05, 4.69) is 26.1 Å². The minimum atomic E-state index is -0.0588. The van der Waals surface area contributed by atoms with Crippen LogP contribution in [0.4, 0.5) is 0 Å². The Morgan fingerprint density at radius 3 is 2.57 bits per heavy atom. The van der Waals surface area contributed by atoms with E-state index >= 15 is 0 Å². The first-order valence-electron chi connectivity index (χ1n) is 5.71. The molecular weight excluding hydrogens is 176 g/mol. The Labute approximate surface area is 87.4 Å². The van der Waals surface area contributed by atoms with Crippen molar-refractivity contribution in [2.45, 2.75) is 57.7 Å². The third-order valence-corrected chi connectivity index (χ3v) is 3.10. The minimum Gasteiger partial charge on any atom is -0.378 e. The molecule has 0 amide bonds. The fraction of sp³-hybridized carbons (Fsp3) is 1.00. The van der Waals surface area contributed by atoms with Gasteiger partial charge in [-0.3, -0.25) is 0 Å². The summed E-state index contributed by atoms with van der Waals surface area (Å²) in [4.78, 5) is 0. The summed E-state index contributed by atoms with van der Waals surface area (Å²) in [6.45, 7) is 8.02. The Morgan fingerprint density at radius 1 is 1.43 bits per heavy atom. The molecule has 0 aliphatic heterocycles. The quantitative estimate of drug-likeness (QED) is 0.679. The second-order valence-corrected chi connectivity index (χ2v) is 4.63. The van der Waals surface area contributed by atoms with Gasteiger partial charge in [-0.1, -0.05) is 6.92 Å². The summed E-state index contributed by atoms with van der Waals surface area (Å²) in [7, 11) is 0. The summed E-state index contributed by atoms with van der Waals surface area (Å²) >= 11 is 0. The van der Waals surface area contributed by atoms with Gasteiger partial charge in [-0.15, -0.1) is 0 Å². The molecule has 0 aromatic heterocycles. The number of hydrogen-bond acceptors (Lipinski definition) is 3.